The van der Waals surface area contributed by atoms with E-state index in [9.17, 15) is 9.90 Å². The Hall–Kier alpha value is -1.55. The number of benzene rings is 1. The lowest BCUT2D eigenvalue weighted by molar-refractivity contribution is 0.0905. The maximum atomic E-state index is 13.0. The van der Waals surface area contributed by atoms with Crippen molar-refractivity contribution >= 4 is 6.03 Å². The summed E-state index contributed by atoms with van der Waals surface area (Å²) in [5.74, 6) is 0.640. The van der Waals surface area contributed by atoms with Gasteiger partial charge in [-0.25, -0.2) is 4.79 Å². The van der Waals surface area contributed by atoms with Crippen LogP contribution in [0.3, 0.4) is 0 Å². The Labute approximate surface area is 151 Å². The molecular weight excluding hydrogens is 312 g/mol. The first kappa shape index (κ1) is 18.2. The molecule has 1 heterocycles. The third-order valence-corrected chi connectivity index (χ3v) is 6.30. The summed E-state index contributed by atoms with van der Waals surface area (Å²) in [6.07, 6.45) is 8.83. The molecule has 1 unspecified atom stereocenters. The van der Waals surface area contributed by atoms with Crippen molar-refractivity contribution in [2.24, 2.45) is 5.92 Å². The second-order valence-electron chi connectivity index (χ2n) is 7.79. The van der Waals surface area contributed by atoms with Crippen molar-refractivity contribution < 1.29 is 9.90 Å². The van der Waals surface area contributed by atoms with Gasteiger partial charge in [0.25, 0.3) is 0 Å². The Morgan fingerprint density at radius 1 is 1.24 bits per heavy atom. The smallest absolute Gasteiger partial charge is 0.318 e. The van der Waals surface area contributed by atoms with E-state index in [4.69, 9.17) is 0 Å². The van der Waals surface area contributed by atoms with Crippen LogP contribution in [0.25, 0.3) is 0 Å². The molecule has 0 spiro atoms. The summed E-state index contributed by atoms with van der Waals surface area (Å²) in [6.45, 7) is 3.18. The predicted molar refractivity (Wildman–Crippen MR) is 100 cm³/mol. The number of hydrogen-bond acceptors (Lipinski definition) is 2. The van der Waals surface area contributed by atoms with Crippen molar-refractivity contribution in [1.29, 1.82) is 0 Å². The van der Waals surface area contributed by atoms with Crippen molar-refractivity contribution in [3.63, 3.8) is 0 Å². The molecule has 2 atom stereocenters. The Morgan fingerprint density at radius 3 is 2.60 bits per heavy atom. The van der Waals surface area contributed by atoms with Gasteiger partial charge >= 0.3 is 6.03 Å². The molecule has 25 heavy (non-hydrogen) atoms. The molecule has 1 aliphatic heterocycles. The molecule has 2 amide bonds. The highest BCUT2D eigenvalue weighted by Crippen LogP contribution is 2.36. The topological polar surface area (TPSA) is 52.6 Å². The van der Waals surface area contributed by atoms with Crippen molar-refractivity contribution in [3.05, 3.63) is 35.9 Å². The van der Waals surface area contributed by atoms with Crippen LogP contribution in [0.4, 0.5) is 4.79 Å². The highest BCUT2D eigenvalue weighted by Gasteiger charge is 2.41. The van der Waals surface area contributed by atoms with Crippen LogP contribution in [-0.4, -0.2) is 35.2 Å². The number of aliphatic hydroxyl groups is 1. The average Bonchev–Trinajstić information content (AvgIpc) is 2.67. The molecule has 1 aromatic rings. The molecule has 1 aliphatic carbocycles. The summed E-state index contributed by atoms with van der Waals surface area (Å²) in [5, 5.41) is 12.6. The molecule has 3 rings (SSSR count). The molecule has 138 valence electrons. The molecule has 2 fully saturated rings. The van der Waals surface area contributed by atoms with E-state index < -0.39 is 0 Å². The van der Waals surface area contributed by atoms with Gasteiger partial charge in [-0.15, -0.1) is 0 Å². The van der Waals surface area contributed by atoms with Gasteiger partial charge in [0, 0.05) is 19.2 Å². The van der Waals surface area contributed by atoms with E-state index in [0.717, 1.165) is 24.9 Å². The summed E-state index contributed by atoms with van der Waals surface area (Å²) >= 11 is 0. The normalized spacial score (nSPS) is 26.3. The van der Waals surface area contributed by atoms with Gasteiger partial charge in [-0.1, -0.05) is 49.6 Å². The van der Waals surface area contributed by atoms with E-state index in [0.29, 0.717) is 18.4 Å². The van der Waals surface area contributed by atoms with Gasteiger partial charge in [0.15, 0.2) is 0 Å². The molecule has 0 aromatic heterocycles. The number of hydrogen-bond donors (Lipinski definition) is 2. The fourth-order valence-corrected chi connectivity index (χ4v) is 4.70. The highest BCUT2D eigenvalue weighted by molar-refractivity contribution is 5.76. The van der Waals surface area contributed by atoms with Gasteiger partial charge in [0.1, 0.15) is 0 Å². The number of nitrogens with zero attached hydrogens (tertiary/aromatic N) is 1. The molecular formula is C21H32N2O2. The number of urea groups is 1. The van der Waals surface area contributed by atoms with Gasteiger partial charge < -0.3 is 15.3 Å². The zero-order valence-electron chi connectivity index (χ0n) is 15.4. The third-order valence-electron chi connectivity index (χ3n) is 6.30. The predicted octanol–water partition coefficient (Wildman–Crippen LogP) is 4.04. The number of carbonyl (C=O) groups is 1. The molecule has 0 radical (unpaired) electrons. The van der Waals surface area contributed by atoms with E-state index >= 15 is 0 Å². The molecule has 1 aromatic carbocycles. The number of aliphatic hydroxyl groups excluding tert-OH is 1. The minimum absolute atomic E-state index is 0.0612. The van der Waals surface area contributed by atoms with Crippen molar-refractivity contribution in [3.8, 4) is 0 Å². The van der Waals surface area contributed by atoms with Gasteiger partial charge in [0.05, 0.1) is 5.54 Å². The average molecular weight is 344 g/mol. The maximum Gasteiger partial charge on any atom is 0.318 e. The molecule has 2 aliphatic rings. The van der Waals surface area contributed by atoms with Crippen molar-refractivity contribution in [2.45, 2.75) is 69.9 Å². The summed E-state index contributed by atoms with van der Waals surface area (Å²) in [6, 6.07) is 10.6. The second-order valence-corrected chi connectivity index (χ2v) is 7.79. The lowest BCUT2D eigenvalue weighted by Crippen LogP contribution is -2.61. The number of rotatable bonds is 6. The Kier molecular flexibility index (Phi) is 6.00. The Balaban J connectivity index is 1.74. The monoisotopic (exact) mass is 344 g/mol. The molecule has 2 N–H and O–H groups in total. The van der Waals surface area contributed by atoms with Crippen LogP contribution >= 0.6 is 0 Å². The molecule has 1 saturated carbocycles. The summed E-state index contributed by atoms with van der Waals surface area (Å²) in [7, 11) is 0. The van der Waals surface area contributed by atoms with Crippen LogP contribution in [0.5, 0.6) is 0 Å². The number of carbonyl (C=O) groups excluding carboxylic acids is 1. The van der Waals surface area contributed by atoms with Crippen molar-refractivity contribution in [1.82, 2.24) is 10.2 Å². The first-order valence-electron chi connectivity index (χ1n) is 9.91. The zero-order chi connectivity index (χ0) is 17.7. The quantitative estimate of drug-likeness (QED) is 0.818. The van der Waals surface area contributed by atoms with Gasteiger partial charge in [-0.2, -0.15) is 0 Å². The standard InChI is InChI=1S/C21H32N2O2/c1-17(18-9-4-2-5-10-18)23-15-14-21(13-8-16-24,22-20(23)25)19-11-6-3-7-12-19/h3,6-7,11-12,17-18,24H,2,4-5,8-10,13-16H2,1H3,(H,22,25)/t17-,21?/m0/s1. The summed E-state index contributed by atoms with van der Waals surface area (Å²) in [4.78, 5) is 15.0. The van der Waals surface area contributed by atoms with Crippen LogP contribution in [0.1, 0.15) is 63.9 Å². The van der Waals surface area contributed by atoms with Crippen LogP contribution in [0.15, 0.2) is 30.3 Å². The number of amides is 2. The van der Waals surface area contributed by atoms with E-state index in [2.05, 4.69) is 29.3 Å². The minimum atomic E-state index is -0.343. The summed E-state index contributed by atoms with van der Waals surface area (Å²) in [5.41, 5.74) is 0.811. The van der Waals surface area contributed by atoms with Gasteiger partial charge in [0.2, 0.25) is 0 Å². The molecule has 1 saturated heterocycles. The zero-order valence-corrected chi connectivity index (χ0v) is 15.4. The van der Waals surface area contributed by atoms with Crippen LogP contribution in [-0.2, 0) is 5.54 Å². The first-order valence-corrected chi connectivity index (χ1v) is 9.91. The van der Waals surface area contributed by atoms with Crippen molar-refractivity contribution in [2.75, 3.05) is 13.2 Å². The highest BCUT2D eigenvalue weighted by atomic mass is 16.3. The van der Waals surface area contributed by atoms with Gasteiger partial charge in [-0.05, 0) is 50.5 Å². The second kappa shape index (κ2) is 8.22. The fourth-order valence-electron chi connectivity index (χ4n) is 4.70. The SMILES string of the molecule is C[C@@H](C1CCCCC1)N1CCC(CCCO)(c2ccccc2)NC1=O. The maximum absolute atomic E-state index is 13.0. The largest absolute Gasteiger partial charge is 0.396 e. The van der Waals surface area contributed by atoms with Crippen LogP contribution in [0, 0.1) is 5.92 Å². The van der Waals surface area contributed by atoms with Crippen LogP contribution < -0.4 is 5.32 Å². The van der Waals surface area contributed by atoms with Gasteiger partial charge in [-0.3, -0.25) is 0 Å². The molecule has 4 heteroatoms. The lowest BCUT2D eigenvalue weighted by atomic mass is 9.79. The molecule has 4 nitrogen and oxygen atoms in total. The van der Waals surface area contributed by atoms with E-state index in [-0.39, 0.29) is 18.2 Å². The van der Waals surface area contributed by atoms with E-state index in [1.807, 2.05) is 18.2 Å². The van der Waals surface area contributed by atoms with E-state index in [1.165, 1.54) is 32.1 Å². The fraction of sp³-hybridized carbons (Fsp3) is 0.667. The summed E-state index contributed by atoms with van der Waals surface area (Å²) < 4.78 is 0. The van der Waals surface area contributed by atoms with Crippen LogP contribution in [0.2, 0.25) is 0 Å². The Morgan fingerprint density at radius 2 is 1.96 bits per heavy atom. The number of nitrogens with one attached hydrogen (secondary N) is 1. The Bertz CT molecular complexity index is 556. The van der Waals surface area contributed by atoms with E-state index in [1.54, 1.807) is 0 Å². The first-order chi connectivity index (χ1) is 12.2. The third kappa shape index (κ3) is 4.00. The minimum Gasteiger partial charge on any atom is -0.396 e. The molecule has 0 bridgehead atoms. The lowest BCUT2D eigenvalue weighted by Gasteiger charge is -2.47.